The van der Waals surface area contributed by atoms with Gasteiger partial charge in [0.25, 0.3) is 0 Å². The highest BCUT2D eigenvalue weighted by molar-refractivity contribution is 7.91. The van der Waals surface area contributed by atoms with Crippen LogP contribution in [-0.2, 0) is 9.84 Å². The number of nitrogens with two attached hydrogens (primary N) is 1. The molecule has 10 heavy (non-hydrogen) atoms. The van der Waals surface area contributed by atoms with Gasteiger partial charge in [0.05, 0.1) is 16.5 Å². The summed E-state index contributed by atoms with van der Waals surface area (Å²) in [5.41, 5.74) is 5.29. The van der Waals surface area contributed by atoms with Gasteiger partial charge >= 0.3 is 0 Å². The average molecular weight is 179 g/mol. The predicted octanol–water partition coefficient (Wildman–Crippen LogP) is -0.293. The lowest BCUT2D eigenvalue weighted by atomic mass is 10.1. The van der Waals surface area contributed by atoms with Gasteiger partial charge in [0.1, 0.15) is 0 Å². The third-order valence-electron chi connectivity index (χ3n) is 1.63. The molecule has 5 heteroatoms. The van der Waals surface area contributed by atoms with E-state index < -0.39 is 9.84 Å². The molecule has 0 spiro atoms. The average Bonchev–Trinajstić information content (AvgIpc) is 2.10. The number of hydrogen-bond acceptors (Lipinski definition) is 3. The molecular weight excluding hydrogens is 170 g/mol. The van der Waals surface area contributed by atoms with Crippen LogP contribution in [0.2, 0.25) is 0 Å². The van der Waals surface area contributed by atoms with E-state index in [-0.39, 0.29) is 17.4 Å². The van der Waals surface area contributed by atoms with E-state index in [9.17, 15) is 8.42 Å². The van der Waals surface area contributed by atoms with Gasteiger partial charge in [-0.3, -0.25) is 0 Å². The first-order chi connectivity index (χ1) is 4.51. The molecule has 0 aromatic heterocycles. The molecule has 0 amide bonds. The lowest BCUT2D eigenvalue weighted by Gasteiger charge is -2.01. The van der Waals surface area contributed by atoms with Gasteiger partial charge in [-0.25, -0.2) is 8.42 Å². The zero-order valence-corrected chi connectivity index (χ0v) is 7.04. The third kappa shape index (κ3) is 1.67. The number of rotatable bonds is 1. The minimum absolute atomic E-state index is 0.0694. The van der Waals surface area contributed by atoms with Gasteiger partial charge in [-0.2, -0.15) is 0 Å². The Hall–Kier alpha value is -0.160. The maximum atomic E-state index is 10.8. The van der Waals surface area contributed by atoms with Gasteiger partial charge < -0.3 is 5.73 Å². The molecule has 58 valence electrons. The van der Waals surface area contributed by atoms with E-state index in [1.165, 1.54) is 0 Å². The highest BCUT2D eigenvalue weighted by Crippen LogP contribution is 2.17. The van der Waals surface area contributed by atoms with Gasteiger partial charge in [-0.15, -0.1) is 0 Å². The van der Waals surface area contributed by atoms with Crippen LogP contribution in [0.4, 0.5) is 0 Å². The van der Waals surface area contributed by atoms with E-state index in [0.717, 1.165) is 0 Å². The van der Waals surface area contributed by atoms with E-state index in [1.54, 1.807) is 0 Å². The zero-order chi connectivity index (χ0) is 7.78. The molecule has 1 aliphatic rings. The number of hydrogen-bond donors (Lipinski definition) is 1. The molecular formula is C5H9NO2S2. The molecule has 0 aromatic rings. The summed E-state index contributed by atoms with van der Waals surface area (Å²) in [5.74, 6) is 0.331. The molecule has 0 aromatic carbocycles. The quantitative estimate of drug-likeness (QED) is 0.562. The summed E-state index contributed by atoms with van der Waals surface area (Å²) in [7, 11) is -2.81. The first kappa shape index (κ1) is 7.94. The van der Waals surface area contributed by atoms with Crippen molar-refractivity contribution in [1.29, 1.82) is 0 Å². The normalized spacial score (nSPS) is 30.2. The summed E-state index contributed by atoms with van der Waals surface area (Å²) < 4.78 is 21.7. The second kappa shape index (κ2) is 2.47. The molecule has 2 N–H and O–H groups in total. The maximum absolute atomic E-state index is 10.8. The van der Waals surface area contributed by atoms with E-state index in [1.807, 2.05) is 0 Å². The fourth-order valence-corrected chi connectivity index (χ4v) is 3.10. The Kier molecular flexibility index (Phi) is 1.96. The Morgan fingerprint density at radius 2 is 2.20 bits per heavy atom. The van der Waals surface area contributed by atoms with Gasteiger partial charge in [0.2, 0.25) is 0 Å². The van der Waals surface area contributed by atoms with Crippen molar-refractivity contribution < 1.29 is 8.42 Å². The van der Waals surface area contributed by atoms with Gasteiger partial charge in [0, 0.05) is 5.92 Å². The van der Waals surface area contributed by atoms with Crippen LogP contribution in [0, 0.1) is 5.92 Å². The molecule has 0 saturated carbocycles. The highest BCUT2D eigenvalue weighted by Gasteiger charge is 2.29. The summed E-state index contributed by atoms with van der Waals surface area (Å²) in [5, 5.41) is 0. The maximum Gasteiger partial charge on any atom is 0.151 e. The fourth-order valence-electron chi connectivity index (χ4n) is 1.02. The topological polar surface area (TPSA) is 60.2 Å². The second-order valence-corrected chi connectivity index (χ2v) is 5.20. The molecule has 0 aliphatic carbocycles. The van der Waals surface area contributed by atoms with Gasteiger partial charge in [-0.05, 0) is 6.42 Å². The first-order valence-electron chi connectivity index (χ1n) is 3.01. The minimum atomic E-state index is -2.81. The van der Waals surface area contributed by atoms with E-state index in [0.29, 0.717) is 11.4 Å². The highest BCUT2D eigenvalue weighted by atomic mass is 32.2. The van der Waals surface area contributed by atoms with Crippen molar-refractivity contribution in [3.63, 3.8) is 0 Å². The lowest BCUT2D eigenvalue weighted by molar-refractivity contribution is 0.601. The Morgan fingerprint density at radius 1 is 1.60 bits per heavy atom. The first-order valence-corrected chi connectivity index (χ1v) is 5.24. The largest absolute Gasteiger partial charge is 0.393 e. The molecule has 1 unspecified atom stereocenters. The standard InChI is InChI=1S/C5H9NO2S2/c6-5(9)4-1-2-10(7,8)3-4/h4H,1-3H2,(H2,6,9). The SMILES string of the molecule is NC(=S)C1CCS(=O)(=O)C1. The molecule has 1 fully saturated rings. The monoisotopic (exact) mass is 179 g/mol. The minimum Gasteiger partial charge on any atom is -0.393 e. The summed E-state index contributed by atoms with van der Waals surface area (Å²) in [6.45, 7) is 0. The van der Waals surface area contributed by atoms with Crippen LogP contribution in [0.15, 0.2) is 0 Å². The van der Waals surface area contributed by atoms with Crippen LogP contribution >= 0.6 is 12.2 Å². The van der Waals surface area contributed by atoms with Gasteiger partial charge in [0.15, 0.2) is 9.84 Å². The van der Waals surface area contributed by atoms with Crippen molar-refractivity contribution in [3.05, 3.63) is 0 Å². The smallest absolute Gasteiger partial charge is 0.151 e. The van der Waals surface area contributed by atoms with Crippen molar-refractivity contribution in [2.45, 2.75) is 6.42 Å². The van der Waals surface area contributed by atoms with Crippen molar-refractivity contribution in [2.24, 2.45) is 11.7 Å². The summed E-state index contributed by atoms with van der Waals surface area (Å²) in [4.78, 5) is 0.334. The summed E-state index contributed by atoms with van der Waals surface area (Å²) in [6, 6.07) is 0. The van der Waals surface area contributed by atoms with Crippen LogP contribution in [0.5, 0.6) is 0 Å². The van der Waals surface area contributed by atoms with Crippen LogP contribution in [0.3, 0.4) is 0 Å². The second-order valence-electron chi connectivity index (χ2n) is 2.50. The summed E-state index contributed by atoms with van der Waals surface area (Å²) >= 11 is 4.67. The van der Waals surface area contributed by atoms with E-state index in [4.69, 9.17) is 5.73 Å². The molecule has 1 atom stereocenters. The Bertz CT molecular complexity index is 244. The van der Waals surface area contributed by atoms with Crippen molar-refractivity contribution in [3.8, 4) is 0 Å². The molecule has 1 heterocycles. The van der Waals surface area contributed by atoms with Crippen molar-refractivity contribution in [1.82, 2.24) is 0 Å². The predicted molar refractivity (Wildman–Crippen MR) is 43.5 cm³/mol. The molecule has 1 saturated heterocycles. The Morgan fingerprint density at radius 3 is 2.40 bits per heavy atom. The number of thiocarbonyl (C=S) groups is 1. The van der Waals surface area contributed by atoms with E-state index >= 15 is 0 Å². The van der Waals surface area contributed by atoms with Crippen LogP contribution in [-0.4, -0.2) is 24.9 Å². The third-order valence-corrected chi connectivity index (χ3v) is 3.74. The molecule has 1 aliphatic heterocycles. The zero-order valence-electron chi connectivity index (χ0n) is 5.41. The summed E-state index contributed by atoms with van der Waals surface area (Å²) in [6.07, 6.45) is 0.609. The van der Waals surface area contributed by atoms with Crippen molar-refractivity contribution >= 4 is 27.0 Å². The molecule has 0 bridgehead atoms. The van der Waals surface area contributed by atoms with Crippen LogP contribution in [0.1, 0.15) is 6.42 Å². The fraction of sp³-hybridized carbons (Fsp3) is 0.800. The lowest BCUT2D eigenvalue weighted by Crippen LogP contribution is -2.21. The van der Waals surface area contributed by atoms with Crippen molar-refractivity contribution in [2.75, 3.05) is 11.5 Å². The Labute approximate surface area is 65.5 Å². The van der Waals surface area contributed by atoms with Crippen LogP contribution < -0.4 is 5.73 Å². The van der Waals surface area contributed by atoms with E-state index in [2.05, 4.69) is 12.2 Å². The van der Waals surface area contributed by atoms with Gasteiger partial charge in [-0.1, -0.05) is 12.2 Å². The number of sulfone groups is 1. The Balaban J connectivity index is 2.69. The van der Waals surface area contributed by atoms with Crippen LogP contribution in [0.25, 0.3) is 0 Å². The molecule has 0 radical (unpaired) electrons. The molecule has 3 nitrogen and oxygen atoms in total. The molecule has 1 rings (SSSR count).